The molecule has 0 unspecified atom stereocenters. The fourth-order valence-corrected chi connectivity index (χ4v) is 3.69. The van der Waals surface area contributed by atoms with Gasteiger partial charge >= 0.3 is 0 Å². The van der Waals surface area contributed by atoms with Crippen molar-refractivity contribution in [1.29, 1.82) is 0 Å². The second kappa shape index (κ2) is 8.37. The molecule has 3 aromatic carbocycles. The van der Waals surface area contributed by atoms with E-state index in [2.05, 4.69) is 15.4 Å². The largest absolute Gasteiger partial charge is 0.332 e. The number of hydrogen-bond acceptors (Lipinski definition) is 3. The first-order chi connectivity index (χ1) is 13.3. The Morgan fingerprint density at radius 1 is 0.857 bits per heavy atom. The summed E-state index contributed by atoms with van der Waals surface area (Å²) < 4.78 is 41.0. The Balaban J connectivity index is 1.64. The molecule has 3 aromatic rings. The number of anilines is 3. The number of para-hydroxylation sites is 1. The van der Waals surface area contributed by atoms with Crippen molar-refractivity contribution >= 4 is 44.4 Å². The molecule has 0 saturated heterocycles. The molecule has 0 radical (unpaired) electrons. The van der Waals surface area contributed by atoms with Crippen LogP contribution in [0.15, 0.2) is 77.7 Å². The Morgan fingerprint density at radius 2 is 1.46 bits per heavy atom. The molecule has 0 spiro atoms. The van der Waals surface area contributed by atoms with Crippen LogP contribution in [-0.2, 0) is 10.0 Å². The topological polar surface area (TPSA) is 70.2 Å². The van der Waals surface area contributed by atoms with Gasteiger partial charge in [0.2, 0.25) is 0 Å². The zero-order valence-electron chi connectivity index (χ0n) is 14.9. The van der Waals surface area contributed by atoms with E-state index in [1.165, 1.54) is 6.07 Å². The van der Waals surface area contributed by atoms with Gasteiger partial charge in [-0.25, -0.2) is 12.8 Å². The summed E-state index contributed by atoms with van der Waals surface area (Å²) >= 11 is 5.17. The molecule has 144 valence electrons. The van der Waals surface area contributed by atoms with E-state index in [4.69, 9.17) is 12.2 Å². The smallest absolute Gasteiger partial charge is 0.261 e. The van der Waals surface area contributed by atoms with Gasteiger partial charge in [-0.2, -0.15) is 0 Å². The minimum atomic E-state index is -3.66. The van der Waals surface area contributed by atoms with E-state index in [9.17, 15) is 12.8 Å². The number of hydrogen-bond donors (Lipinski definition) is 3. The zero-order valence-corrected chi connectivity index (χ0v) is 16.6. The third-order valence-corrected chi connectivity index (χ3v) is 5.45. The highest BCUT2D eigenvalue weighted by Crippen LogP contribution is 2.19. The lowest BCUT2D eigenvalue weighted by Gasteiger charge is -2.12. The number of aryl methyl sites for hydroxylation is 1. The lowest BCUT2D eigenvalue weighted by Crippen LogP contribution is -2.19. The van der Waals surface area contributed by atoms with Crippen LogP contribution in [-0.4, -0.2) is 13.5 Å². The second-order valence-corrected chi connectivity index (χ2v) is 8.15. The van der Waals surface area contributed by atoms with Gasteiger partial charge in [-0.05, 0) is 67.7 Å². The number of sulfonamides is 1. The van der Waals surface area contributed by atoms with Crippen molar-refractivity contribution in [2.75, 3.05) is 15.4 Å². The maximum atomic E-state index is 13.6. The van der Waals surface area contributed by atoms with Gasteiger partial charge in [0.15, 0.2) is 5.11 Å². The lowest BCUT2D eigenvalue weighted by atomic mass is 10.2. The molecule has 0 bridgehead atoms. The van der Waals surface area contributed by atoms with Gasteiger partial charge in [-0.1, -0.05) is 29.8 Å². The van der Waals surface area contributed by atoms with Crippen molar-refractivity contribution in [3.8, 4) is 0 Å². The Bertz CT molecular complexity index is 1080. The number of rotatable bonds is 5. The molecule has 0 atom stereocenters. The van der Waals surface area contributed by atoms with E-state index in [0.29, 0.717) is 11.4 Å². The average molecular weight is 416 g/mol. The molecule has 0 amide bonds. The van der Waals surface area contributed by atoms with Crippen LogP contribution in [0, 0.1) is 12.7 Å². The Hall–Kier alpha value is -2.97. The second-order valence-electron chi connectivity index (χ2n) is 6.05. The first-order valence-electron chi connectivity index (χ1n) is 8.35. The van der Waals surface area contributed by atoms with Crippen LogP contribution < -0.4 is 15.4 Å². The summed E-state index contributed by atoms with van der Waals surface area (Å²) in [5.74, 6) is -0.410. The fraction of sp³-hybridized carbons (Fsp3) is 0.0500. The molecule has 0 aliphatic heterocycles. The standard InChI is InChI=1S/C20H18FN3O2S2/c1-14-6-12-17(13-7-14)28(25,26)24-16-10-8-15(9-11-16)22-20(27)23-19-5-3-2-4-18(19)21/h2-13,24H,1H3,(H2,22,23,27). The number of benzene rings is 3. The van der Waals surface area contributed by atoms with Crippen molar-refractivity contribution < 1.29 is 12.8 Å². The predicted octanol–water partition coefficient (Wildman–Crippen LogP) is 4.74. The Morgan fingerprint density at radius 3 is 2.11 bits per heavy atom. The summed E-state index contributed by atoms with van der Waals surface area (Å²) in [5, 5.41) is 5.91. The number of halogens is 1. The quantitative estimate of drug-likeness (QED) is 0.525. The molecule has 0 aliphatic carbocycles. The van der Waals surface area contributed by atoms with Gasteiger partial charge in [0.25, 0.3) is 10.0 Å². The van der Waals surface area contributed by atoms with Crippen molar-refractivity contribution in [2.45, 2.75) is 11.8 Å². The molecule has 8 heteroatoms. The van der Waals surface area contributed by atoms with E-state index in [0.717, 1.165) is 5.56 Å². The van der Waals surface area contributed by atoms with Gasteiger partial charge in [0.05, 0.1) is 10.6 Å². The highest BCUT2D eigenvalue weighted by Gasteiger charge is 2.13. The van der Waals surface area contributed by atoms with Crippen LogP contribution >= 0.6 is 12.2 Å². The molecule has 0 aliphatic rings. The van der Waals surface area contributed by atoms with Crippen LogP contribution in [0.1, 0.15) is 5.56 Å². The molecule has 0 fully saturated rings. The molecule has 5 nitrogen and oxygen atoms in total. The minimum Gasteiger partial charge on any atom is -0.332 e. The Labute approximate surface area is 168 Å². The van der Waals surface area contributed by atoms with Crippen LogP contribution in [0.4, 0.5) is 21.5 Å². The molecule has 0 aromatic heterocycles. The average Bonchev–Trinajstić information content (AvgIpc) is 2.65. The summed E-state index contributed by atoms with van der Waals surface area (Å²) in [6.45, 7) is 1.89. The lowest BCUT2D eigenvalue weighted by molar-refractivity contribution is 0.601. The summed E-state index contributed by atoms with van der Waals surface area (Å²) in [4.78, 5) is 0.190. The van der Waals surface area contributed by atoms with E-state index in [1.54, 1.807) is 66.7 Å². The highest BCUT2D eigenvalue weighted by atomic mass is 32.2. The molecular formula is C20H18FN3O2S2. The Kier molecular flexibility index (Phi) is 5.91. The molecular weight excluding hydrogens is 397 g/mol. The third-order valence-electron chi connectivity index (χ3n) is 3.85. The van der Waals surface area contributed by atoms with E-state index in [1.807, 2.05) is 6.92 Å². The SMILES string of the molecule is Cc1ccc(S(=O)(=O)Nc2ccc(NC(=S)Nc3ccccc3F)cc2)cc1. The summed E-state index contributed by atoms with van der Waals surface area (Å²) in [6.07, 6.45) is 0. The third kappa shape index (κ3) is 5.05. The van der Waals surface area contributed by atoms with Gasteiger partial charge < -0.3 is 10.6 Å². The van der Waals surface area contributed by atoms with E-state index >= 15 is 0 Å². The van der Waals surface area contributed by atoms with Gasteiger partial charge in [0.1, 0.15) is 5.82 Å². The van der Waals surface area contributed by atoms with Crippen LogP contribution in [0.25, 0.3) is 0 Å². The number of thiocarbonyl (C=S) groups is 1. The highest BCUT2D eigenvalue weighted by molar-refractivity contribution is 7.92. The van der Waals surface area contributed by atoms with Crippen molar-refractivity contribution in [3.63, 3.8) is 0 Å². The first-order valence-corrected chi connectivity index (χ1v) is 10.2. The van der Waals surface area contributed by atoms with Gasteiger partial charge in [-0.3, -0.25) is 4.72 Å². The fourth-order valence-electron chi connectivity index (χ4n) is 2.40. The van der Waals surface area contributed by atoms with Crippen molar-refractivity contribution in [1.82, 2.24) is 0 Å². The van der Waals surface area contributed by atoms with Gasteiger partial charge in [-0.15, -0.1) is 0 Å². The molecule has 0 heterocycles. The van der Waals surface area contributed by atoms with Gasteiger partial charge in [0, 0.05) is 11.4 Å². The minimum absolute atomic E-state index is 0.190. The zero-order chi connectivity index (χ0) is 20.1. The van der Waals surface area contributed by atoms with Crippen LogP contribution in [0.2, 0.25) is 0 Å². The molecule has 28 heavy (non-hydrogen) atoms. The van der Waals surface area contributed by atoms with E-state index < -0.39 is 15.8 Å². The molecule has 3 N–H and O–H groups in total. The van der Waals surface area contributed by atoms with E-state index in [-0.39, 0.29) is 15.7 Å². The monoisotopic (exact) mass is 415 g/mol. The van der Waals surface area contributed by atoms with Crippen molar-refractivity contribution in [3.05, 3.63) is 84.2 Å². The molecule has 0 saturated carbocycles. The summed E-state index contributed by atoms with van der Waals surface area (Å²) in [6, 6.07) is 19.4. The molecule has 3 rings (SSSR count). The maximum absolute atomic E-state index is 13.6. The van der Waals surface area contributed by atoms with Crippen molar-refractivity contribution in [2.24, 2.45) is 0 Å². The first kappa shape index (κ1) is 19.8. The normalized spacial score (nSPS) is 10.9. The number of nitrogens with one attached hydrogen (secondary N) is 3. The maximum Gasteiger partial charge on any atom is 0.261 e. The predicted molar refractivity (Wildman–Crippen MR) is 115 cm³/mol. The summed E-state index contributed by atoms with van der Waals surface area (Å²) in [7, 11) is -3.66. The van der Waals surface area contributed by atoms with Crippen LogP contribution in [0.3, 0.4) is 0 Å². The summed E-state index contributed by atoms with van der Waals surface area (Å²) in [5.41, 5.74) is 2.29. The van der Waals surface area contributed by atoms with Crippen LogP contribution in [0.5, 0.6) is 0 Å².